The van der Waals surface area contributed by atoms with Crippen molar-refractivity contribution in [3.05, 3.63) is 59.9 Å². The van der Waals surface area contributed by atoms with Gasteiger partial charge < -0.3 is 5.32 Å². The Morgan fingerprint density at radius 1 is 1.09 bits per heavy atom. The van der Waals surface area contributed by atoms with E-state index < -0.39 is 0 Å². The number of carbonyl (C=O) groups is 1. The molecule has 0 radical (unpaired) electrons. The van der Waals surface area contributed by atoms with Crippen molar-refractivity contribution < 1.29 is 4.79 Å². The van der Waals surface area contributed by atoms with E-state index in [0.29, 0.717) is 16.9 Å². The van der Waals surface area contributed by atoms with Crippen LogP contribution in [0.15, 0.2) is 53.6 Å². The second-order valence-electron chi connectivity index (χ2n) is 6.41. The fraction of sp³-hybridized carbons (Fsp3) is 0.368. The van der Waals surface area contributed by atoms with Crippen molar-refractivity contribution in [3.8, 4) is 0 Å². The number of aromatic nitrogens is 1. The van der Waals surface area contributed by atoms with Crippen LogP contribution in [0.2, 0.25) is 0 Å². The molecule has 1 aromatic heterocycles. The summed E-state index contributed by atoms with van der Waals surface area (Å²) < 4.78 is 0. The van der Waals surface area contributed by atoms with Crippen LogP contribution in [0.25, 0.3) is 0 Å². The number of benzene rings is 1. The Balaban J connectivity index is 1.31. The van der Waals surface area contributed by atoms with Crippen LogP contribution in [0.1, 0.15) is 47.7 Å². The average molecular weight is 324 g/mol. The highest BCUT2D eigenvalue weighted by atomic mass is 32.2. The van der Waals surface area contributed by atoms with Crippen molar-refractivity contribution in [2.75, 3.05) is 0 Å². The zero-order valence-corrected chi connectivity index (χ0v) is 13.8. The van der Waals surface area contributed by atoms with Gasteiger partial charge in [-0.05, 0) is 55.4 Å². The number of rotatable bonds is 5. The normalized spacial score (nSPS) is 23.1. The summed E-state index contributed by atoms with van der Waals surface area (Å²) in [6, 6.07) is 14.7. The van der Waals surface area contributed by atoms with Gasteiger partial charge in [-0.2, -0.15) is 0 Å². The summed E-state index contributed by atoms with van der Waals surface area (Å²) in [5.41, 5.74) is 1.76. The number of carbonyl (C=O) groups excluding carboxylic acids is 1. The highest BCUT2D eigenvalue weighted by molar-refractivity contribution is 8.00. The van der Waals surface area contributed by atoms with Gasteiger partial charge in [-0.1, -0.05) is 24.3 Å². The molecule has 0 unspecified atom stereocenters. The van der Waals surface area contributed by atoms with E-state index in [9.17, 15) is 4.79 Å². The van der Waals surface area contributed by atoms with Crippen molar-refractivity contribution in [1.29, 1.82) is 0 Å². The second kappa shape index (κ2) is 6.36. The molecule has 1 amide bonds. The maximum atomic E-state index is 12.5. The van der Waals surface area contributed by atoms with Gasteiger partial charge in [0.05, 0.1) is 0 Å². The molecule has 0 bridgehead atoms. The Morgan fingerprint density at radius 3 is 2.61 bits per heavy atom. The van der Waals surface area contributed by atoms with Gasteiger partial charge in [0.2, 0.25) is 0 Å². The Hall–Kier alpha value is -1.81. The molecule has 0 atom stereocenters. The predicted molar refractivity (Wildman–Crippen MR) is 92.8 cm³/mol. The smallest absolute Gasteiger partial charge is 0.270 e. The van der Waals surface area contributed by atoms with E-state index in [4.69, 9.17) is 0 Å². The Morgan fingerprint density at radius 2 is 1.87 bits per heavy atom. The molecule has 2 aliphatic carbocycles. The van der Waals surface area contributed by atoms with Gasteiger partial charge in [-0.25, -0.2) is 0 Å². The van der Waals surface area contributed by atoms with E-state index in [-0.39, 0.29) is 11.9 Å². The van der Waals surface area contributed by atoms with Crippen molar-refractivity contribution in [2.24, 2.45) is 0 Å². The van der Waals surface area contributed by atoms with E-state index in [1.165, 1.54) is 17.7 Å². The molecular formula is C19H20N2OS. The first-order chi connectivity index (χ1) is 11.3. The van der Waals surface area contributed by atoms with Gasteiger partial charge >= 0.3 is 0 Å². The number of pyridine rings is 1. The van der Waals surface area contributed by atoms with Crippen LogP contribution in [-0.4, -0.2) is 22.2 Å². The Kier molecular flexibility index (Phi) is 4.08. The highest BCUT2D eigenvalue weighted by Gasteiger charge is 2.33. The summed E-state index contributed by atoms with van der Waals surface area (Å²) >= 11 is 1.91. The third kappa shape index (κ3) is 3.42. The van der Waals surface area contributed by atoms with E-state index in [2.05, 4.69) is 40.6 Å². The molecule has 23 heavy (non-hydrogen) atoms. The fourth-order valence-electron chi connectivity index (χ4n) is 3.06. The quantitative estimate of drug-likeness (QED) is 0.903. The minimum absolute atomic E-state index is 0.000612. The number of hydrogen-bond donors (Lipinski definition) is 1. The van der Waals surface area contributed by atoms with E-state index in [1.54, 1.807) is 6.20 Å². The molecule has 1 heterocycles. The monoisotopic (exact) mass is 324 g/mol. The molecule has 0 spiro atoms. The van der Waals surface area contributed by atoms with E-state index in [1.807, 2.05) is 23.9 Å². The number of nitrogens with one attached hydrogen (secondary N) is 1. The molecule has 2 fully saturated rings. The number of thioether (sulfide) groups is 1. The summed E-state index contributed by atoms with van der Waals surface area (Å²) in [5, 5.41) is 3.76. The summed E-state index contributed by atoms with van der Waals surface area (Å²) in [6.45, 7) is 0. The first-order valence-electron chi connectivity index (χ1n) is 8.27. The van der Waals surface area contributed by atoms with E-state index >= 15 is 0 Å². The SMILES string of the molecule is O=C(NC1CC(Sc2ccccc2)C1)c1ncccc1C1CC1. The zero-order valence-electron chi connectivity index (χ0n) is 12.9. The fourth-order valence-corrected chi connectivity index (χ4v) is 4.41. The standard InChI is InChI=1S/C19H20N2OS/c22-19(18-17(13-8-9-13)7-4-10-20-18)21-14-11-16(12-14)23-15-5-2-1-3-6-15/h1-7,10,13-14,16H,8-9,11-12H2,(H,21,22). The molecule has 118 valence electrons. The van der Waals surface area contributed by atoms with Gasteiger partial charge in [0, 0.05) is 22.4 Å². The average Bonchev–Trinajstić information content (AvgIpc) is 3.38. The molecule has 1 aromatic carbocycles. The summed E-state index contributed by atoms with van der Waals surface area (Å²) in [4.78, 5) is 18.1. The van der Waals surface area contributed by atoms with Crippen molar-refractivity contribution in [3.63, 3.8) is 0 Å². The molecule has 4 rings (SSSR count). The van der Waals surface area contributed by atoms with E-state index in [0.717, 1.165) is 18.4 Å². The molecule has 3 nitrogen and oxygen atoms in total. The van der Waals surface area contributed by atoms with Gasteiger partial charge in [-0.3, -0.25) is 9.78 Å². The maximum absolute atomic E-state index is 12.5. The molecule has 2 saturated carbocycles. The van der Waals surface area contributed by atoms with Gasteiger partial charge in [-0.15, -0.1) is 11.8 Å². The molecule has 0 aliphatic heterocycles. The minimum Gasteiger partial charge on any atom is -0.348 e. The van der Waals surface area contributed by atoms with Gasteiger partial charge in [0.25, 0.3) is 5.91 Å². The minimum atomic E-state index is 0.000612. The first-order valence-corrected chi connectivity index (χ1v) is 9.15. The summed E-state index contributed by atoms with van der Waals surface area (Å²) in [7, 11) is 0. The van der Waals surface area contributed by atoms with Crippen LogP contribution in [0.5, 0.6) is 0 Å². The predicted octanol–water partition coefficient (Wildman–Crippen LogP) is 4.01. The summed E-state index contributed by atoms with van der Waals surface area (Å²) in [5.74, 6) is 0.549. The number of nitrogens with zero attached hydrogens (tertiary/aromatic N) is 1. The largest absolute Gasteiger partial charge is 0.348 e. The van der Waals surface area contributed by atoms with Crippen LogP contribution in [-0.2, 0) is 0 Å². The van der Waals surface area contributed by atoms with Crippen LogP contribution < -0.4 is 5.32 Å². The molecule has 0 saturated heterocycles. The molecule has 2 aliphatic rings. The van der Waals surface area contributed by atoms with Crippen LogP contribution in [0.4, 0.5) is 0 Å². The lowest BCUT2D eigenvalue weighted by Crippen LogP contribution is -2.46. The zero-order chi connectivity index (χ0) is 15.6. The maximum Gasteiger partial charge on any atom is 0.270 e. The van der Waals surface area contributed by atoms with Crippen molar-refractivity contribution in [1.82, 2.24) is 10.3 Å². The third-order valence-corrected chi connectivity index (χ3v) is 5.81. The highest BCUT2D eigenvalue weighted by Crippen LogP contribution is 2.41. The van der Waals surface area contributed by atoms with Crippen molar-refractivity contribution in [2.45, 2.75) is 47.8 Å². The third-order valence-electron chi connectivity index (χ3n) is 4.55. The number of amides is 1. The van der Waals surface area contributed by atoms with Crippen molar-refractivity contribution >= 4 is 17.7 Å². The Bertz CT molecular complexity index is 694. The molecular weight excluding hydrogens is 304 g/mol. The second-order valence-corrected chi connectivity index (χ2v) is 7.78. The topological polar surface area (TPSA) is 42.0 Å². The lowest BCUT2D eigenvalue weighted by atomic mass is 9.92. The number of hydrogen-bond acceptors (Lipinski definition) is 3. The first kappa shape index (κ1) is 14.8. The van der Waals surface area contributed by atoms with Crippen LogP contribution in [0.3, 0.4) is 0 Å². The molecule has 1 N–H and O–H groups in total. The van der Waals surface area contributed by atoms with Crippen LogP contribution in [0, 0.1) is 0 Å². The van der Waals surface area contributed by atoms with Gasteiger partial charge in [0.15, 0.2) is 0 Å². The molecule has 4 heteroatoms. The lowest BCUT2D eigenvalue weighted by molar-refractivity contribution is 0.0913. The lowest BCUT2D eigenvalue weighted by Gasteiger charge is -2.35. The summed E-state index contributed by atoms with van der Waals surface area (Å²) in [6.07, 6.45) is 6.17. The van der Waals surface area contributed by atoms with Crippen LogP contribution >= 0.6 is 11.8 Å². The Labute approximate surface area is 140 Å². The van der Waals surface area contributed by atoms with Gasteiger partial charge in [0.1, 0.15) is 5.69 Å². The molecule has 2 aromatic rings.